The van der Waals surface area contributed by atoms with Gasteiger partial charge in [0.2, 0.25) is 0 Å². The van der Waals surface area contributed by atoms with Gasteiger partial charge in [-0.1, -0.05) is 48.5 Å². The maximum Gasteiger partial charge on any atom is 0.295 e. The van der Waals surface area contributed by atoms with Gasteiger partial charge in [0, 0.05) is 68.2 Å². The Balaban J connectivity index is 0.963. The van der Waals surface area contributed by atoms with Crippen molar-refractivity contribution in [1.82, 2.24) is 59.8 Å². The van der Waals surface area contributed by atoms with Crippen molar-refractivity contribution >= 4 is 128 Å². The van der Waals surface area contributed by atoms with Crippen LogP contribution in [0.2, 0.25) is 0 Å². The molecule has 490 valence electrons. The standard InChI is InChI=1S/C68H38N12O16S4/c81-97(82,83)49-25-21-45(57-33(49)13-5-29-69-57)93-41-17-1-9-37-53(41)65-73-61(37)77-66-54-38(10-2-18-42(54)94-46-22-26-50(98(84,85)86)34-14-6-30-70-58(34)46)63(74-66)79-68-56-40(12-4-20-44(56)96-48-24-28-52(100(90,91)92)36-16-8-32-72-60(36)48)64(76-68)80-67-55-39(62(75-67)78-65)11-3-19-43(55)95-47-23-27-51(99(87,88)89)35-15-7-31-71-59(35)47/h1-32H,(H,81,82,83)(H,84,85,86)(H,87,88,89)(H,90,91,92)(H2,73,74,75,76,77,78,79,80). The second-order valence-electron chi connectivity index (χ2n) is 22.5. The number of aromatic amines is 2. The number of nitrogens with one attached hydrogen (secondary N) is 2. The van der Waals surface area contributed by atoms with Crippen LogP contribution in [0.1, 0.15) is 0 Å². The number of fused-ring (bicyclic) bond motifs is 24. The second-order valence-corrected chi connectivity index (χ2v) is 28.0. The van der Waals surface area contributed by atoms with Crippen LogP contribution in [0.25, 0.3) is 133 Å². The highest BCUT2D eigenvalue weighted by atomic mass is 32.2. The molecule has 0 fully saturated rings. The third-order valence-electron chi connectivity index (χ3n) is 16.5. The van der Waals surface area contributed by atoms with E-state index in [2.05, 4.69) is 29.9 Å². The molecule has 0 aliphatic carbocycles. The van der Waals surface area contributed by atoms with Crippen LogP contribution in [0, 0.1) is 0 Å². The minimum Gasteiger partial charge on any atom is -0.454 e. The van der Waals surface area contributed by atoms with Crippen molar-refractivity contribution in [3.8, 4) is 91.5 Å². The van der Waals surface area contributed by atoms with E-state index in [1.807, 2.05) is 0 Å². The molecule has 7 aromatic heterocycles. The summed E-state index contributed by atoms with van der Waals surface area (Å²) >= 11 is 0. The van der Waals surface area contributed by atoms with E-state index in [1.54, 1.807) is 72.8 Å². The van der Waals surface area contributed by atoms with Crippen molar-refractivity contribution in [2.45, 2.75) is 19.6 Å². The fraction of sp³-hybridized carbons (Fsp3) is 0. The minimum absolute atomic E-state index is 0.0124. The number of ether oxygens (including phenoxy) is 4. The highest BCUT2D eigenvalue weighted by Crippen LogP contribution is 2.48. The summed E-state index contributed by atoms with van der Waals surface area (Å²) in [5, 5.41) is 1.50. The summed E-state index contributed by atoms with van der Waals surface area (Å²) in [5.41, 5.74) is 1.84. The first-order valence-electron chi connectivity index (χ1n) is 29.6. The Morgan fingerprint density at radius 2 is 0.550 bits per heavy atom. The Morgan fingerprint density at radius 1 is 0.270 bits per heavy atom. The molecule has 0 saturated carbocycles. The molecule has 32 heteroatoms. The first-order chi connectivity index (χ1) is 48.1. The quantitative estimate of drug-likeness (QED) is 0.0619. The average Bonchev–Trinajstić information content (AvgIpc) is 1.57. The lowest BCUT2D eigenvalue weighted by molar-refractivity contribution is 0.479. The molecule has 6 N–H and O–H groups in total. The lowest BCUT2D eigenvalue weighted by atomic mass is 10.1. The molecule has 2 aliphatic heterocycles. The molecule has 17 rings (SSSR count). The summed E-state index contributed by atoms with van der Waals surface area (Å²) in [6.07, 6.45) is 5.71. The lowest BCUT2D eigenvalue weighted by Crippen LogP contribution is -2.00. The number of pyridine rings is 4. The third-order valence-corrected chi connectivity index (χ3v) is 20.2. The highest BCUT2D eigenvalue weighted by molar-refractivity contribution is 7.86. The molecule has 8 aromatic carbocycles. The molecule has 0 spiro atoms. The third kappa shape index (κ3) is 10.3. The van der Waals surface area contributed by atoms with Gasteiger partial charge in [0.1, 0.15) is 87.2 Å². The van der Waals surface area contributed by atoms with Crippen molar-refractivity contribution in [2.24, 2.45) is 0 Å². The summed E-state index contributed by atoms with van der Waals surface area (Å²) in [4.78, 5) is 54.2. The maximum absolute atomic E-state index is 12.7. The topological polar surface area (TPSA) is 415 Å². The molecule has 2 aliphatic rings. The van der Waals surface area contributed by atoms with Crippen LogP contribution in [0.3, 0.4) is 0 Å². The van der Waals surface area contributed by atoms with E-state index in [9.17, 15) is 51.9 Å². The maximum atomic E-state index is 12.7. The van der Waals surface area contributed by atoms with E-state index in [0.717, 1.165) is 0 Å². The van der Waals surface area contributed by atoms with Gasteiger partial charge in [0.05, 0.1) is 21.9 Å². The van der Waals surface area contributed by atoms with Gasteiger partial charge in [-0.05, 0) is 121 Å². The van der Waals surface area contributed by atoms with Crippen LogP contribution >= 0.6 is 0 Å². The van der Waals surface area contributed by atoms with Gasteiger partial charge in [-0.25, -0.2) is 29.9 Å². The molecule has 0 amide bonds. The summed E-state index contributed by atoms with van der Waals surface area (Å²) in [6.45, 7) is 0. The van der Waals surface area contributed by atoms with Crippen LogP contribution in [-0.2, 0) is 40.5 Å². The van der Waals surface area contributed by atoms with E-state index < -0.39 is 60.1 Å². The van der Waals surface area contributed by atoms with Gasteiger partial charge < -0.3 is 28.9 Å². The van der Waals surface area contributed by atoms with Crippen molar-refractivity contribution in [1.29, 1.82) is 0 Å². The zero-order valence-corrected chi connectivity index (χ0v) is 53.5. The first kappa shape index (κ1) is 61.2. The molecular weight excluding hydrogens is 1370 g/mol. The largest absolute Gasteiger partial charge is 0.454 e. The van der Waals surface area contributed by atoms with Crippen LogP contribution < -0.4 is 18.9 Å². The second kappa shape index (κ2) is 22.6. The SMILES string of the molecule is O=S(=O)(O)c1ccc(Oc2cccc3c2-c2nc-3nc3[nH]c(nc4nc(nc5[nH]c(n2)c2cccc(Oc6ccc(S(=O)(=O)O)c7cccnc67)c52)-c2cccc(Oc5ccc(S(=O)(=O)O)c6cccnc56)c2-4)c2cccc(Oc4ccc(S(=O)(=O)O)c5cccnc45)c32)c2ncccc12. The van der Waals surface area contributed by atoms with Crippen LogP contribution in [0.5, 0.6) is 46.0 Å². The van der Waals surface area contributed by atoms with Gasteiger partial charge in [-0.2, -0.15) is 33.7 Å². The van der Waals surface area contributed by atoms with E-state index in [-0.39, 0.29) is 157 Å². The van der Waals surface area contributed by atoms with Crippen LogP contribution in [-0.4, -0.2) is 112 Å². The van der Waals surface area contributed by atoms with E-state index in [0.29, 0.717) is 21.9 Å². The van der Waals surface area contributed by atoms with Gasteiger partial charge in [0.15, 0.2) is 46.3 Å². The van der Waals surface area contributed by atoms with Crippen molar-refractivity contribution < 1.29 is 70.8 Å². The van der Waals surface area contributed by atoms with Gasteiger partial charge >= 0.3 is 0 Å². The predicted molar refractivity (Wildman–Crippen MR) is 363 cm³/mol. The molecule has 0 unspecified atom stereocenters. The number of nitrogens with zero attached hydrogens (tertiary/aromatic N) is 10. The Morgan fingerprint density at radius 3 is 0.870 bits per heavy atom. The normalized spacial score (nSPS) is 12.5. The Labute approximate surface area is 561 Å². The zero-order valence-electron chi connectivity index (χ0n) is 50.3. The number of benzene rings is 8. The smallest absolute Gasteiger partial charge is 0.295 e. The molecular formula is C68H38N12O16S4. The number of H-pyrrole nitrogens is 2. The Bertz CT molecular complexity index is 6440. The zero-order chi connectivity index (χ0) is 68.7. The molecule has 15 aromatic rings. The van der Waals surface area contributed by atoms with Crippen LogP contribution in [0.15, 0.2) is 214 Å². The fourth-order valence-corrected chi connectivity index (χ4v) is 15.1. The Kier molecular flexibility index (Phi) is 13.8. The van der Waals surface area contributed by atoms with E-state index in [4.69, 9.17) is 48.9 Å². The monoisotopic (exact) mass is 1410 g/mol. The van der Waals surface area contributed by atoms with Gasteiger partial charge in [-0.15, -0.1) is 0 Å². The molecule has 28 nitrogen and oxygen atoms in total. The van der Waals surface area contributed by atoms with Crippen molar-refractivity contribution in [3.63, 3.8) is 0 Å². The molecule has 0 radical (unpaired) electrons. The number of rotatable bonds is 12. The number of aromatic nitrogens is 12. The van der Waals surface area contributed by atoms with E-state index >= 15 is 0 Å². The molecule has 9 heterocycles. The average molecular weight is 1410 g/mol. The van der Waals surface area contributed by atoms with E-state index in [1.165, 1.54) is 122 Å². The van der Waals surface area contributed by atoms with Crippen molar-refractivity contribution in [3.05, 3.63) is 195 Å². The lowest BCUT2D eigenvalue weighted by Gasteiger charge is -2.13. The molecule has 100 heavy (non-hydrogen) atoms. The minimum atomic E-state index is -4.75. The summed E-state index contributed by atoms with van der Waals surface area (Å²) in [7, 11) is -19.0. The number of hydrogen-bond donors (Lipinski definition) is 6. The van der Waals surface area contributed by atoms with Gasteiger partial charge in [0.25, 0.3) is 40.5 Å². The summed E-state index contributed by atoms with van der Waals surface area (Å²) in [5.74, 6) is 0.794. The van der Waals surface area contributed by atoms with Crippen LogP contribution in [0.4, 0.5) is 0 Å². The van der Waals surface area contributed by atoms with Crippen molar-refractivity contribution in [2.75, 3.05) is 0 Å². The fourth-order valence-electron chi connectivity index (χ4n) is 12.4. The Hall–Kier alpha value is -12.4. The molecule has 0 saturated heterocycles. The van der Waals surface area contributed by atoms with Gasteiger partial charge in [-0.3, -0.25) is 38.1 Å². The predicted octanol–water partition coefficient (Wildman–Crippen LogP) is 13.2. The first-order valence-corrected chi connectivity index (χ1v) is 35.3. The molecule has 0 atom stereocenters. The summed E-state index contributed by atoms with van der Waals surface area (Å²) < 4.78 is 170. The summed E-state index contributed by atoms with van der Waals surface area (Å²) in [6, 6.07) is 42.1. The number of hydrogen-bond acceptors (Lipinski definition) is 22. The molecule has 8 bridgehead atoms. The highest BCUT2D eigenvalue weighted by Gasteiger charge is 2.31.